The second-order valence-corrected chi connectivity index (χ2v) is 8.00. The Morgan fingerprint density at radius 2 is 1.83 bits per heavy atom. The second-order valence-electron chi connectivity index (χ2n) is 8.00. The molecule has 2 fully saturated rings. The highest BCUT2D eigenvalue weighted by molar-refractivity contribution is 5.97. The van der Waals surface area contributed by atoms with Crippen molar-refractivity contribution in [3.8, 4) is 0 Å². The molecule has 2 heterocycles. The number of nitrogens with one attached hydrogen (secondary N) is 2. The molecular formula is C22H33N5O3. The summed E-state index contributed by atoms with van der Waals surface area (Å²) >= 11 is 0. The van der Waals surface area contributed by atoms with E-state index in [0.29, 0.717) is 30.9 Å². The first kappa shape index (κ1) is 22.2. The Morgan fingerprint density at radius 1 is 1.13 bits per heavy atom. The molecule has 2 aliphatic heterocycles. The van der Waals surface area contributed by atoms with Gasteiger partial charge in [-0.25, -0.2) is 0 Å². The van der Waals surface area contributed by atoms with Crippen LogP contribution in [0.15, 0.2) is 24.3 Å². The number of piperazine rings is 1. The minimum atomic E-state index is -0.154. The number of anilines is 1. The van der Waals surface area contributed by atoms with Crippen LogP contribution < -0.4 is 10.6 Å². The van der Waals surface area contributed by atoms with Gasteiger partial charge < -0.3 is 20.4 Å². The van der Waals surface area contributed by atoms with Crippen LogP contribution in [0.3, 0.4) is 0 Å². The Labute approximate surface area is 178 Å². The number of benzene rings is 1. The third-order valence-electron chi connectivity index (χ3n) is 5.87. The van der Waals surface area contributed by atoms with E-state index in [2.05, 4.69) is 22.5 Å². The number of nitrogens with zero attached hydrogens (tertiary/aromatic N) is 3. The Hall–Kier alpha value is -2.45. The molecule has 0 unspecified atom stereocenters. The van der Waals surface area contributed by atoms with Crippen molar-refractivity contribution in [3.63, 3.8) is 0 Å². The zero-order chi connectivity index (χ0) is 21.5. The van der Waals surface area contributed by atoms with E-state index in [9.17, 15) is 14.4 Å². The third-order valence-corrected chi connectivity index (χ3v) is 5.87. The summed E-state index contributed by atoms with van der Waals surface area (Å²) in [5.74, 6) is -0.296. The molecule has 2 saturated heterocycles. The summed E-state index contributed by atoms with van der Waals surface area (Å²) < 4.78 is 0. The van der Waals surface area contributed by atoms with E-state index < -0.39 is 0 Å². The van der Waals surface area contributed by atoms with Crippen molar-refractivity contribution in [2.24, 2.45) is 0 Å². The average Bonchev–Trinajstić information content (AvgIpc) is 3.20. The van der Waals surface area contributed by atoms with Crippen LogP contribution in [0.25, 0.3) is 0 Å². The molecule has 0 aromatic heterocycles. The van der Waals surface area contributed by atoms with Crippen LogP contribution >= 0.6 is 0 Å². The summed E-state index contributed by atoms with van der Waals surface area (Å²) in [4.78, 5) is 43.4. The van der Waals surface area contributed by atoms with Crippen LogP contribution in [0, 0.1) is 0 Å². The van der Waals surface area contributed by atoms with Gasteiger partial charge >= 0.3 is 0 Å². The molecule has 30 heavy (non-hydrogen) atoms. The lowest BCUT2D eigenvalue weighted by Crippen LogP contribution is -2.52. The molecule has 0 saturated carbocycles. The molecule has 8 heteroatoms. The van der Waals surface area contributed by atoms with Crippen LogP contribution in [0.1, 0.15) is 37.0 Å². The number of hydrogen-bond acceptors (Lipinski definition) is 5. The van der Waals surface area contributed by atoms with Crippen molar-refractivity contribution in [1.82, 2.24) is 20.0 Å². The Balaban J connectivity index is 1.74. The van der Waals surface area contributed by atoms with Gasteiger partial charge in [0.2, 0.25) is 11.8 Å². The topological polar surface area (TPSA) is 85.0 Å². The average molecular weight is 416 g/mol. The minimum Gasteiger partial charge on any atom is -0.339 e. The van der Waals surface area contributed by atoms with Crippen LogP contribution in [0.2, 0.25) is 0 Å². The minimum absolute atomic E-state index is 0.000705. The van der Waals surface area contributed by atoms with Crippen LogP contribution in [-0.4, -0.2) is 90.8 Å². The third kappa shape index (κ3) is 5.79. The second kappa shape index (κ2) is 10.5. The fourth-order valence-corrected chi connectivity index (χ4v) is 4.25. The normalized spacial score (nSPS) is 19.5. The summed E-state index contributed by atoms with van der Waals surface area (Å²) in [7, 11) is 0. The number of amides is 3. The Bertz CT molecular complexity index is 746. The maximum absolute atomic E-state index is 13.3. The van der Waals surface area contributed by atoms with E-state index in [4.69, 9.17) is 0 Å². The van der Waals surface area contributed by atoms with Crippen molar-refractivity contribution in [1.29, 1.82) is 0 Å². The van der Waals surface area contributed by atoms with E-state index in [0.717, 1.165) is 39.0 Å². The fraction of sp³-hybridized carbons (Fsp3) is 0.591. The van der Waals surface area contributed by atoms with Crippen molar-refractivity contribution in [3.05, 3.63) is 29.8 Å². The number of carbonyl (C=O) groups excluding carboxylic acids is 3. The van der Waals surface area contributed by atoms with Gasteiger partial charge in [0.05, 0.1) is 0 Å². The van der Waals surface area contributed by atoms with Crippen LogP contribution in [0.4, 0.5) is 5.69 Å². The van der Waals surface area contributed by atoms with Gasteiger partial charge in [-0.15, -0.1) is 0 Å². The Kier molecular flexibility index (Phi) is 7.81. The maximum atomic E-state index is 13.3. The van der Waals surface area contributed by atoms with Crippen LogP contribution in [0.5, 0.6) is 0 Å². The fourth-order valence-electron chi connectivity index (χ4n) is 4.25. The Morgan fingerprint density at radius 3 is 2.47 bits per heavy atom. The van der Waals surface area contributed by atoms with Crippen molar-refractivity contribution >= 4 is 23.4 Å². The van der Waals surface area contributed by atoms with Crippen LogP contribution in [-0.2, 0) is 9.59 Å². The monoisotopic (exact) mass is 415 g/mol. The van der Waals surface area contributed by atoms with Gasteiger partial charge in [-0.1, -0.05) is 6.92 Å². The number of hydrogen-bond donors (Lipinski definition) is 2. The molecule has 164 valence electrons. The lowest BCUT2D eigenvalue weighted by molar-refractivity contribution is -0.132. The van der Waals surface area contributed by atoms with Gasteiger partial charge in [0.1, 0.15) is 6.54 Å². The van der Waals surface area contributed by atoms with Crippen molar-refractivity contribution in [2.75, 3.05) is 57.7 Å². The molecule has 1 atom stereocenters. The molecule has 2 aliphatic rings. The highest BCUT2D eigenvalue weighted by Crippen LogP contribution is 2.19. The van der Waals surface area contributed by atoms with E-state index in [1.165, 1.54) is 6.92 Å². The molecular weight excluding hydrogens is 382 g/mol. The SMILES string of the molecule is CCN1CCC[C@@H]1CN(CC(=O)N1CCNCC1)C(=O)c1ccc(NC(C)=O)cc1. The summed E-state index contributed by atoms with van der Waals surface area (Å²) in [5.41, 5.74) is 1.17. The van der Waals surface area contributed by atoms with E-state index in [1.54, 1.807) is 29.2 Å². The first-order valence-electron chi connectivity index (χ1n) is 10.9. The maximum Gasteiger partial charge on any atom is 0.254 e. The first-order valence-corrected chi connectivity index (χ1v) is 10.9. The lowest BCUT2D eigenvalue weighted by atomic mass is 10.1. The molecule has 8 nitrogen and oxygen atoms in total. The molecule has 0 radical (unpaired) electrons. The molecule has 2 N–H and O–H groups in total. The van der Waals surface area contributed by atoms with Gasteiger partial charge in [-0.2, -0.15) is 0 Å². The number of likely N-dealkylation sites (tertiary alicyclic amines) is 1. The largest absolute Gasteiger partial charge is 0.339 e. The number of likely N-dealkylation sites (N-methyl/N-ethyl adjacent to an activating group) is 1. The highest BCUT2D eigenvalue weighted by Gasteiger charge is 2.30. The smallest absolute Gasteiger partial charge is 0.254 e. The van der Waals surface area contributed by atoms with E-state index in [1.807, 2.05) is 4.90 Å². The van der Waals surface area contributed by atoms with Gasteiger partial charge in [-0.3, -0.25) is 19.3 Å². The quantitative estimate of drug-likeness (QED) is 0.694. The number of rotatable bonds is 7. The molecule has 0 spiro atoms. The summed E-state index contributed by atoms with van der Waals surface area (Å²) in [6.07, 6.45) is 2.17. The summed E-state index contributed by atoms with van der Waals surface area (Å²) in [5, 5.41) is 5.96. The number of carbonyl (C=O) groups is 3. The summed E-state index contributed by atoms with van der Waals surface area (Å²) in [6, 6.07) is 7.15. The van der Waals surface area contributed by atoms with E-state index in [-0.39, 0.29) is 30.3 Å². The molecule has 0 bridgehead atoms. The van der Waals surface area contributed by atoms with Gasteiger partial charge in [-0.05, 0) is 50.2 Å². The summed E-state index contributed by atoms with van der Waals surface area (Å²) in [6.45, 7) is 9.16. The zero-order valence-electron chi connectivity index (χ0n) is 18.0. The first-order chi connectivity index (χ1) is 14.5. The highest BCUT2D eigenvalue weighted by atomic mass is 16.2. The van der Waals surface area contributed by atoms with Crippen molar-refractivity contribution < 1.29 is 14.4 Å². The van der Waals surface area contributed by atoms with Gasteiger partial charge in [0.25, 0.3) is 5.91 Å². The predicted octanol–water partition coefficient (Wildman–Crippen LogP) is 1.00. The molecule has 3 rings (SSSR count). The standard InChI is InChI=1S/C22H33N5O3/c1-3-25-12-4-5-20(25)15-27(16-21(29)26-13-10-23-11-14-26)22(30)18-6-8-19(9-7-18)24-17(2)28/h6-9,20,23H,3-5,10-16H2,1-2H3,(H,24,28)/t20-/m1/s1. The van der Waals surface area contributed by atoms with Gasteiger partial charge in [0.15, 0.2) is 0 Å². The molecule has 0 aliphatic carbocycles. The van der Waals surface area contributed by atoms with E-state index >= 15 is 0 Å². The molecule has 1 aromatic rings. The lowest BCUT2D eigenvalue weighted by Gasteiger charge is -2.33. The predicted molar refractivity (Wildman–Crippen MR) is 116 cm³/mol. The molecule has 3 amide bonds. The zero-order valence-corrected chi connectivity index (χ0v) is 18.0. The van der Waals surface area contributed by atoms with Gasteiger partial charge in [0, 0.05) is 56.9 Å². The molecule has 1 aromatic carbocycles. The van der Waals surface area contributed by atoms with Crippen molar-refractivity contribution in [2.45, 2.75) is 32.7 Å².